The lowest BCUT2D eigenvalue weighted by Gasteiger charge is -2.11. The molecule has 2 aromatic carbocycles. The van der Waals surface area contributed by atoms with Crippen molar-refractivity contribution in [2.24, 2.45) is 0 Å². The first-order valence-corrected chi connectivity index (χ1v) is 6.96. The van der Waals surface area contributed by atoms with Gasteiger partial charge in [-0.05, 0) is 23.8 Å². The van der Waals surface area contributed by atoms with E-state index in [0.717, 1.165) is 12.1 Å². The van der Waals surface area contributed by atoms with Gasteiger partial charge in [-0.25, -0.2) is 0 Å². The van der Waals surface area contributed by atoms with Crippen LogP contribution in [0.1, 0.15) is 11.1 Å². The van der Waals surface area contributed by atoms with Crippen LogP contribution in [0, 0.1) is 27.3 Å². The molecule has 3 aromatic rings. The van der Waals surface area contributed by atoms with Crippen molar-refractivity contribution >= 4 is 16.6 Å². The van der Waals surface area contributed by atoms with Crippen LogP contribution in [0.25, 0.3) is 10.9 Å². The largest absolute Gasteiger partial charge is 0.341 e. The number of hydrogen-bond acceptors (Lipinski definition) is 4. The zero-order valence-electron chi connectivity index (χ0n) is 12.3. The van der Waals surface area contributed by atoms with Crippen molar-refractivity contribution in [2.75, 3.05) is 0 Å². The Morgan fingerprint density at radius 2 is 2.00 bits per heavy atom. The molecule has 24 heavy (non-hydrogen) atoms. The average molecular weight is 323 g/mol. The van der Waals surface area contributed by atoms with E-state index >= 15 is 0 Å². The molecule has 0 atom stereocenters. The lowest BCUT2D eigenvalue weighted by Crippen LogP contribution is -2.13. The third kappa shape index (κ3) is 2.61. The monoisotopic (exact) mass is 323 g/mol. The van der Waals surface area contributed by atoms with Gasteiger partial charge in [-0.2, -0.15) is 9.65 Å². The Bertz CT molecular complexity index is 1070. The van der Waals surface area contributed by atoms with Crippen molar-refractivity contribution in [3.63, 3.8) is 0 Å². The lowest BCUT2D eigenvalue weighted by atomic mass is 10.1. The van der Waals surface area contributed by atoms with Crippen molar-refractivity contribution in [1.29, 1.82) is 5.26 Å². The topological polar surface area (TPSA) is 88.9 Å². The molecule has 0 unspecified atom stereocenters. The minimum absolute atomic E-state index is 0.0175. The van der Waals surface area contributed by atoms with E-state index in [4.69, 9.17) is 5.26 Å². The maximum absolute atomic E-state index is 13.8. The molecule has 0 bridgehead atoms. The van der Waals surface area contributed by atoms with Gasteiger partial charge >= 0.3 is 5.69 Å². The Morgan fingerprint density at radius 1 is 1.25 bits per heavy atom. The number of pyridine rings is 1. The molecule has 0 aliphatic rings. The third-order valence-corrected chi connectivity index (χ3v) is 3.67. The van der Waals surface area contributed by atoms with Crippen LogP contribution in [-0.4, -0.2) is 9.49 Å². The molecule has 3 rings (SSSR count). The molecule has 0 fully saturated rings. The van der Waals surface area contributed by atoms with Crippen molar-refractivity contribution in [3.8, 4) is 6.07 Å². The van der Waals surface area contributed by atoms with Crippen LogP contribution >= 0.6 is 0 Å². The van der Waals surface area contributed by atoms with E-state index in [2.05, 4.69) is 0 Å². The minimum Gasteiger partial charge on any atom is -0.341 e. The van der Waals surface area contributed by atoms with Gasteiger partial charge in [-0.1, -0.05) is 18.2 Å². The molecule has 7 heteroatoms. The van der Waals surface area contributed by atoms with Crippen LogP contribution in [0.5, 0.6) is 0 Å². The number of nitro groups is 1. The number of fused-ring (bicyclic) bond motifs is 1. The van der Waals surface area contributed by atoms with Crippen LogP contribution in [0.2, 0.25) is 0 Å². The van der Waals surface area contributed by atoms with Crippen LogP contribution in [-0.2, 0) is 6.54 Å². The number of halogens is 1. The maximum Gasteiger partial charge on any atom is 0.304 e. The number of hydrogen-bond donors (Lipinski definition) is 0. The van der Waals surface area contributed by atoms with Gasteiger partial charge in [-0.3, -0.25) is 14.9 Å². The van der Waals surface area contributed by atoms with Gasteiger partial charge in [0.25, 0.3) is 0 Å². The van der Waals surface area contributed by atoms with Gasteiger partial charge in [0.05, 0.1) is 10.4 Å². The lowest BCUT2D eigenvalue weighted by molar-refractivity contribution is -0.387. The summed E-state index contributed by atoms with van der Waals surface area (Å²) in [6.07, 6.45) is 1.41. The van der Waals surface area contributed by atoms with E-state index in [9.17, 15) is 19.3 Å². The van der Waals surface area contributed by atoms with Gasteiger partial charge in [0.2, 0.25) is 11.2 Å². The molecule has 0 N–H and O–H groups in total. The predicted octanol–water partition coefficient (Wildman–Crippen LogP) is 2.97. The summed E-state index contributed by atoms with van der Waals surface area (Å²) in [5.74, 6) is -0.927. The number of nitro benzene ring substituents is 1. The first kappa shape index (κ1) is 15.4. The van der Waals surface area contributed by atoms with E-state index in [1.807, 2.05) is 6.07 Å². The molecule has 1 aromatic heterocycles. The van der Waals surface area contributed by atoms with Crippen LogP contribution in [0.15, 0.2) is 53.5 Å². The van der Waals surface area contributed by atoms with Crippen LogP contribution < -0.4 is 5.43 Å². The van der Waals surface area contributed by atoms with Gasteiger partial charge in [-0.15, -0.1) is 0 Å². The highest BCUT2D eigenvalue weighted by molar-refractivity contribution is 5.80. The average Bonchev–Trinajstić information content (AvgIpc) is 2.57. The number of nitrogens with zero attached hydrogens (tertiary/aromatic N) is 3. The van der Waals surface area contributed by atoms with Crippen molar-refractivity contribution < 1.29 is 9.31 Å². The van der Waals surface area contributed by atoms with Crippen molar-refractivity contribution in [3.05, 3.63) is 85.9 Å². The fraction of sp³-hybridized carbons (Fsp3) is 0.0588. The Morgan fingerprint density at radius 3 is 2.67 bits per heavy atom. The fourth-order valence-electron chi connectivity index (χ4n) is 2.55. The number of para-hydroxylation sites is 1. The summed E-state index contributed by atoms with van der Waals surface area (Å²) in [5.41, 5.74) is 0.104. The zero-order chi connectivity index (χ0) is 17.3. The summed E-state index contributed by atoms with van der Waals surface area (Å²) in [4.78, 5) is 22.1. The van der Waals surface area contributed by atoms with E-state index < -0.39 is 16.4 Å². The second kappa shape index (κ2) is 5.93. The maximum atomic E-state index is 13.8. The molecule has 0 saturated heterocycles. The molecule has 0 amide bonds. The Hall–Kier alpha value is -3.53. The van der Waals surface area contributed by atoms with Crippen molar-refractivity contribution in [2.45, 2.75) is 6.54 Å². The first-order chi connectivity index (χ1) is 11.5. The number of benzene rings is 2. The molecular formula is C17H10FN3O3. The van der Waals surface area contributed by atoms with E-state index in [-0.39, 0.29) is 17.5 Å². The smallest absolute Gasteiger partial charge is 0.304 e. The molecule has 0 aliphatic carbocycles. The quantitative estimate of drug-likeness (QED) is 0.547. The highest BCUT2D eigenvalue weighted by Gasteiger charge is 2.15. The Balaban J connectivity index is 2.13. The number of nitriles is 1. The summed E-state index contributed by atoms with van der Waals surface area (Å²) in [6, 6.07) is 12.3. The van der Waals surface area contributed by atoms with Crippen LogP contribution in [0.3, 0.4) is 0 Å². The SMILES string of the molecule is N#Cc1cn(Cc2ccc([N+](=O)[O-])c(F)c2)c2ccccc2c1=O. The molecular weight excluding hydrogens is 313 g/mol. The van der Waals surface area contributed by atoms with Gasteiger partial charge in [0.15, 0.2) is 0 Å². The van der Waals surface area contributed by atoms with Gasteiger partial charge in [0.1, 0.15) is 11.6 Å². The molecule has 1 heterocycles. The summed E-state index contributed by atoms with van der Waals surface area (Å²) in [6.45, 7) is 0.171. The molecule has 0 radical (unpaired) electrons. The summed E-state index contributed by atoms with van der Waals surface area (Å²) in [7, 11) is 0. The Kier molecular flexibility index (Phi) is 3.80. The van der Waals surface area contributed by atoms with Gasteiger partial charge < -0.3 is 4.57 Å². The highest BCUT2D eigenvalue weighted by Crippen LogP contribution is 2.20. The summed E-state index contributed by atoms with van der Waals surface area (Å²) < 4.78 is 15.4. The van der Waals surface area contributed by atoms with Gasteiger partial charge in [0, 0.05) is 24.2 Å². The summed E-state index contributed by atoms with van der Waals surface area (Å²) in [5, 5.41) is 20.2. The van der Waals surface area contributed by atoms with E-state index in [1.54, 1.807) is 28.8 Å². The standard InChI is InChI=1S/C17H10FN3O3/c18-14-7-11(5-6-16(14)21(23)24)9-20-10-12(8-19)17(22)13-3-1-2-4-15(13)20/h1-7,10H,9H2. The van der Waals surface area contributed by atoms with E-state index in [1.165, 1.54) is 12.3 Å². The summed E-state index contributed by atoms with van der Waals surface area (Å²) >= 11 is 0. The second-order valence-electron chi connectivity index (χ2n) is 5.17. The minimum atomic E-state index is -0.927. The fourth-order valence-corrected chi connectivity index (χ4v) is 2.55. The number of rotatable bonds is 3. The van der Waals surface area contributed by atoms with Crippen LogP contribution in [0.4, 0.5) is 10.1 Å². The van der Waals surface area contributed by atoms with Crippen molar-refractivity contribution in [1.82, 2.24) is 4.57 Å². The van der Waals surface area contributed by atoms with E-state index in [0.29, 0.717) is 16.5 Å². The Labute approximate surface area is 135 Å². The predicted molar refractivity (Wildman–Crippen MR) is 85.1 cm³/mol. The molecule has 0 spiro atoms. The zero-order valence-corrected chi connectivity index (χ0v) is 12.3. The highest BCUT2D eigenvalue weighted by atomic mass is 19.1. The molecule has 6 nitrogen and oxygen atoms in total. The third-order valence-electron chi connectivity index (χ3n) is 3.67. The normalized spacial score (nSPS) is 10.5. The molecule has 0 saturated carbocycles. The number of aromatic nitrogens is 1. The molecule has 0 aliphatic heterocycles. The molecule has 118 valence electrons. The second-order valence-corrected chi connectivity index (χ2v) is 5.17. The first-order valence-electron chi connectivity index (χ1n) is 6.96.